The van der Waals surface area contributed by atoms with Crippen LogP contribution in [0.25, 0.3) is 0 Å². The fourth-order valence-electron chi connectivity index (χ4n) is 2.02. The van der Waals surface area contributed by atoms with E-state index >= 15 is 0 Å². The van der Waals surface area contributed by atoms with Crippen LogP contribution in [0.4, 0.5) is 4.79 Å². The average molecular weight is 317 g/mol. The molecule has 0 saturated heterocycles. The second kappa shape index (κ2) is 8.17. The van der Waals surface area contributed by atoms with Gasteiger partial charge >= 0.3 is 6.03 Å². The average Bonchev–Trinajstić information content (AvgIpc) is 2.98. The molecular weight excluding hydrogens is 294 g/mol. The van der Waals surface area contributed by atoms with E-state index in [4.69, 9.17) is 4.74 Å². The van der Waals surface area contributed by atoms with Gasteiger partial charge < -0.3 is 15.4 Å². The molecule has 0 aliphatic rings. The van der Waals surface area contributed by atoms with Crippen LogP contribution in [0.15, 0.2) is 36.8 Å². The first-order valence-corrected chi connectivity index (χ1v) is 7.66. The highest BCUT2D eigenvalue weighted by atomic mass is 16.5. The van der Waals surface area contributed by atoms with E-state index < -0.39 is 0 Å². The molecule has 0 radical (unpaired) electrons. The lowest BCUT2D eigenvalue weighted by atomic mass is 10.3. The number of hydrogen-bond acceptors (Lipinski definition) is 4. The summed E-state index contributed by atoms with van der Waals surface area (Å²) in [7, 11) is 0. The summed E-state index contributed by atoms with van der Waals surface area (Å²) in [6, 6.07) is 5.31. The Balaban J connectivity index is 1.73. The predicted molar refractivity (Wildman–Crippen MR) is 87.1 cm³/mol. The summed E-state index contributed by atoms with van der Waals surface area (Å²) in [5.41, 5.74) is 0.913. The van der Waals surface area contributed by atoms with Crippen LogP contribution in [0.1, 0.15) is 26.3 Å². The molecule has 0 aliphatic carbocycles. The first-order chi connectivity index (χ1) is 11.0. The minimum atomic E-state index is -0.216. The highest BCUT2D eigenvalue weighted by Gasteiger charge is 2.08. The fraction of sp³-hybridized carbons (Fsp3) is 0.438. The van der Waals surface area contributed by atoms with E-state index in [-0.39, 0.29) is 18.2 Å². The quantitative estimate of drug-likeness (QED) is 0.818. The number of nitrogens with one attached hydrogen (secondary N) is 2. The second-order valence-corrected chi connectivity index (χ2v) is 5.63. The third-order valence-corrected chi connectivity index (χ3v) is 3.00. The number of urea groups is 1. The van der Waals surface area contributed by atoms with Crippen molar-refractivity contribution >= 4 is 6.03 Å². The van der Waals surface area contributed by atoms with E-state index in [1.165, 1.54) is 0 Å². The molecular formula is C16H23N5O2. The highest BCUT2D eigenvalue weighted by molar-refractivity contribution is 5.74. The van der Waals surface area contributed by atoms with Crippen molar-refractivity contribution in [2.75, 3.05) is 0 Å². The smallest absolute Gasteiger partial charge is 0.315 e. The number of rotatable bonds is 7. The second-order valence-electron chi connectivity index (χ2n) is 5.63. The number of carbonyl (C=O) groups is 1. The van der Waals surface area contributed by atoms with Gasteiger partial charge in [0.2, 0.25) is 5.88 Å². The SMILES string of the molecule is CC(Cn1cccn1)NC(=O)NCc1ccc(OC(C)C)nc1. The number of nitrogens with zero attached hydrogens (tertiary/aromatic N) is 3. The summed E-state index contributed by atoms with van der Waals surface area (Å²) >= 11 is 0. The lowest BCUT2D eigenvalue weighted by Gasteiger charge is -2.15. The van der Waals surface area contributed by atoms with Gasteiger partial charge in [0.05, 0.1) is 12.6 Å². The first-order valence-electron chi connectivity index (χ1n) is 7.66. The summed E-state index contributed by atoms with van der Waals surface area (Å²) in [5.74, 6) is 0.584. The van der Waals surface area contributed by atoms with Crippen molar-refractivity contribution in [3.8, 4) is 5.88 Å². The van der Waals surface area contributed by atoms with Gasteiger partial charge in [0.15, 0.2) is 0 Å². The summed E-state index contributed by atoms with van der Waals surface area (Å²) in [6.07, 6.45) is 5.37. The van der Waals surface area contributed by atoms with Crippen molar-refractivity contribution in [1.29, 1.82) is 0 Å². The van der Waals surface area contributed by atoms with Gasteiger partial charge in [-0.05, 0) is 32.4 Å². The van der Waals surface area contributed by atoms with Crippen LogP contribution in [0, 0.1) is 0 Å². The molecule has 0 fully saturated rings. The molecule has 23 heavy (non-hydrogen) atoms. The standard InChI is InChI=1S/C16H23N5O2/c1-12(2)23-15-6-5-14(9-17-15)10-18-16(22)20-13(3)11-21-8-4-7-19-21/h4-9,12-13H,10-11H2,1-3H3,(H2,18,20,22). The maximum Gasteiger partial charge on any atom is 0.315 e. The minimum Gasteiger partial charge on any atom is -0.475 e. The zero-order valence-corrected chi connectivity index (χ0v) is 13.7. The monoisotopic (exact) mass is 317 g/mol. The van der Waals surface area contributed by atoms with Crippen molar-refractivity contribution < 1.29 is 9.53 Å². The first kappa shape index (κ1) is 16.8. The van der Waals surface area contributed by atoms with Crippen molar-refractivity contribution in [3.05, 3.63) is 42.4 Å². The summed E-state index contributed by atoms with van der Waals surface area (Å²) in [4.78, 5) is 16.1. The zero-order chi connectivity index (χ0) is 16.7. The number of hydrogen-bond donors (Lipinski definition) is 2. The van der Waals surface area contributed by atoms with Gasteiger partial charge in [0.25, 0.3) is 0 Å². The van der Waals surface area contributed by atoms with E-state index in [0.717, 1.165) is 5.56 Å². The number of carbonyl (C=O) groups excluding carboxylic acids is 1. The molecule has 124 valence electrons. The topological polar surface area (TPSA) is 81.1 Å². The normalized spacial score (nSPS) is 12.0. The molecule has 2 rings (SSSR count). The zero-order valence-electron chi connectivity index (χ0n) is 13.7. The van der Waals surface area contributed by atoms with Gasteiger partial charge in [0.1, 0.15) is 0 Å². The molecule has 0 aromatic carbocycles. The Bertz CT molecular complexity index is 595. The van der Waals surface area contributed by atoms with Crippen LogP contribution in [-0.2, 0) is 13.1 Å². The van der Waals surface area contributed by atoms with Gasteiger partial charge in [-0.15, -0.1) is 0 Å². The van der Waals surface area contributed by atoms with E-state index in [1.54, 1.807) is 23.1 Å². The molecule has 0 saturated carbocycles. The molecule has 2 heterocycles. The number of pyridine rings is 1. The molecule has 2 aromatic rings. The molecule has 2 aromatic heterocycles. The minimum absolute atomic E-state index is 0.0187. The van der Waals surface area contributed by atoms with E-state index in [0.29, 0.717) is 19.0 Å². The van der Waals surface area contributed by atoms with Crippen LogP contribution in [-0.4, -0.2) is 32.9 Å². The van der Waals surface area contributed by atoms with Crippen LogP contribution >= 0.6 is 0 Å². The van der Waals surface area contributed by atoms with Gasteiger partial charge in [-0.2, -0.15) is 5.10 Å². The maximum absolute atomic E-state index is 11.9. The Morgan fingerprint density at radius 1 is 1.35 bits per heavy atom. The molecule has 7 heteroatoms. The van der Waals surface area contributed by atoms with Crippen molar-refractivity contribution in [3.63, 3.8) is 0 Å². The summed E-state index contributed by atoms with van der Waals surface area (Å²) < 4.78 is 7.26. The Labute approximate surface area is 136 Å². The van der Waals surface area contributed by atoms with Gasteiger partial charge in [-0.1, -0.05) is 6.07 Å². The van der Waals surface area contributed by atoms with Crippen LogP contribution in [0.2, 0.25) is 0 Å². The molecule has 1 atom stereocenters. The van der Waals surface area contributed by atoms with Crippen molar-refractivity contribution in [2.45, 2.75) is 46.0 Å². The van der Waals surface area contributed by atoms with Crippen LogP contribution in [0.5, 0.6) is 5.88 Å². The van der Waals surface area contributed by atoms with E-state index in [9.17, 15) is 4.79 Å². The lowest BCUT2D eigenvalue weighted by Crippen LogP contribution is -2.42. The largest absolute Gasteiger partial charge is 0.475 e. The third-order valence-electron chi connectivity index (χ3n) is 3.00. The predicted octanol–water partition coefficient (Wildman–Crippen LogP) is 1.95. The Kier molecular flexibility index (Phi) is 5.96. The van der Waals surface area contributed by atoms with Crippen molar-refractivity contribution in [2.24, 2.45) is 0 Å². The number of amides is 2. The Hall–Kier alpha value is -2.57. The van der Waals surface area contributed by atoms with Gasteiger partial charge in [0, 0.05) is 37.2 Å². The van der Waals surface area contributed by atoms with Gasteiger partial charge in [-0.3, -0.25) is 4.68 Å². The highest BCUT2D eigenvalue weighted by Crippen LogP contribution is 2.09. The number of aromatic nitrogens is 3. The van der Waals surface area contributed by atoms with Crippen molar-refractivity contribution in [1.82, 2.24) is 25.4 Å². The molecule has 1 unspecified atom stereocenters. The molecule has 7 nitrogen and oxygen atoms in total. The summed E-state index contributed by atoms with van der Waals surface area (Å²) in [6.45, 7) is 6.87. The maximum atomic E-state index is 11.9. The Morgan fingerprint density at radius 2 is 2.17 bits per heavy atom. The Morgan fingerprint density at radius 3 is 2.78 bits per heavy atom. The van der Waals surface area contributed by atoms with Gasteiger partial charge in [-0.25, -0.2) is 9.78 Å². The van der Waals surface area contributed by atoms with E-state index in [1.807, 2.05) is 39.1 Å². The summed E-state index contributed by atoms with van der Waals surface area (Å²) in [5, 5.41) is 9.79. The molecule has 2 N–H and O–H groups in total. The fourth-order valence-corrected chi connectivity index (χ4v) is 2.02. The third kappa shape index (κ3) is 5.98. The van der Waals surface area contributed by atoms with Crippen LogP contribution in [0.3, 0.4) is 0 Å². The van der Waals surface area contributed by atoms with E-state index in [2.05, 4.69) is 20.7 Å². The molecule has 0 bridgehead atoms. The molecule has 2 amide bonds. The molecule has 0 spiro atoms. The molecule has 0 aliphatic heterocycles. The van der Waals surface area contributed by atoms with Crippen LogP contribution < -0.4 is 15.4 Å². The lowest BCUT2D eigenvalue weighted by molar-refractivity contribution is 0.232. The number of ether oxygens (including phenoxy) is 1.